The highest BCUT2D eigenvalue weighted by Crippen LogP contribution is 2.30. The Morgan fingerprint density at radius 1 is 1.35 bits per heavy atom. The summed E-state index contributed by atoms with van der Waals surface area (Å²) in [4.78, 5) is 4.30. The first-order valence-electron chi connectivity index (χ1n) is 6.65. The molecule has 0 amide bonds. The average Bonchev–Trinajstić information content (AvgIpc) is 2.91. The number of nitrogens with zero attached hydrogens (tertiary/aromatic N) is 2. The molecule has 1 aromatic carbocycles. The lowest BCUT2D eigenvalue weighted by atomic mass is 10.1. The van der Waals surface area contributed by atoms with Crippen LogP contribution in [0.25, 0.3) is 11.5 Å². The number of halogens is 1. The first-order valence-corrected chi connectivity index (χ1v) is 7.03. The van der Waals surface area contributed by atoms with Gasteiger partial charge in [0, 0.05) is 18.1 Å². The van der Waals surface area contributed by atoms with Gasteiger partial charge in [-0.15, -0.1) is 0 Å². The summed E-state index contributed by atoms with van der Waals surface area (Å²) < 4.78 is 10.8. The first-order chi connectivity index (χ1) is 9.72. The molecule has 0 radical (unpaired) electrons. The molecule has 5 nitrogen and oxygen atoms in total. The van der Waals surface area contributed by atoms with Crippen LogP contribution in [0.2, 0.25) is 5.02 Å². The number of phenols is 1. The van der Waals surface area contributed by atoms with Gasteiger partial charge in [0.05, 0.1) is 11.7 Å². The summed E-state index contributed by atoms with van der Waals surface area (Å²) in [6.45, 7) is 0.796. The Hall–Kier alpha value is -1.59. The smallest absolute Gasteiger partial charge is 0.261 e. The zero-order valence-electron chi connectivity index (χ0n) is 10.9. The van der Waals surface area contributed by atoms with Gasteiger partial charge in [0.15, 0.2) is 5.82 Å². The second kappa shape index (κ2) is 5.81. The third kappa shape index (κ3) is 2.94. The third-order valence-corrected chi connectivity index (χ3v) is 3.58. The molecule has 0 saturated carbocycles. The van der Waals surface area contributed by atoms with Crippen molar-refractivity contribution in [3.63, 3.8) is 0 Å². The summed E-state index contributed by atoms with van der Waals surface area (Å²) in [6.07, 6.45) is 4.09. The van der Waals surface area contributed by atoms with E-state index < -0.39 is 0 Å². The van der Waals surface area contributed by atoms with Crippen molar-refractivity contribution in [3.8, 4) is 17.2 Å². The van der Waals surface area contributed by atoms with Gasteiger partial charge in [-0.2, -0.15) is 4.98 Å². The molecule has 0 spiro atoms. The quantitative estimate of drug-likeness (QED) is 0.941. The maximum atomic E-state index is 9.81. The van der Waals surface area contributed by atoms with Gasteiger partial charge in [0.25, 0.3) is 5.89 Å². The topological polar surface area (TPSA) is 68.4 Å². The summed E-state index contributed by atoms with van der Waals surface area (Å²) in [5.74, 6) is 0.931. The number of aromatic nitrogens is 2. The molecule has 1 aliphatic rings. The molecule has 1 unspecified atom stereocenters. The van der Waals surface area contributed by atoms with Crippen LogP contribution in [0.4, 0.5) is 0 Å². The molecule has 2 aromatic rings. The fraction of sp³-hybridized carbons (Fsp3) is 0.429. The van der Waals surface area contributed by atoms with Crippen LogP contribution in [-0.4, -0.2) is 28.0 Å². The fourth-order valence-electron chi connectivity index (χ4n) is 2.30. The van der Waals surface area contributed by atoms with Crippen molar-refractivity contribution in [1.82, 2.24) is 10.1 Å². The van der Waals surface area contributed by atoms with Crippen LogP contribution >= 0.6 is 11.6 Å². The van der Waals surface area contributed by atoms with E-state index in [0.717, 1.165) is 19.4 Å². The van der Waals surface area contributed by atoms with E-state index in [0.29, 0.717) is 22.8 Å². The van der Waals surface area contributed by atoms with Crippen LogP contribution in [0.3, 0.4) is 0 Å². The molecule has 3 rings (SSSR count). The van der Waals surface area contributed by atoms with Gasteiger partial charge in [-0.05, 0) is 37.5 Å². The van der Waals surface area contributed by atoms with Gasteiger partial charge < -0.3 is 14.4 Å². The van der Waals surface area contributed by atoms with Gasteiger partial charge >= 0.3 is 0 Å². The number of ether oxygens (including phenoxy) is 1. The van der Waals surface area contributed by atoms with E-state index in [2.05, 4.69) is 10.1 Å². The Morgan fingerprint density at radius 2 is 2.25 bits per heavy atom. The number of benzene rings is 1. The van der Waals surface area contributed by atoms with Gasteiger partial charge in [-0.1, -0.05) is 16.8 Å². The molecule has 20 heavy (non-hydrogen) atoms. The first kappa shape index (κ1) is 13.4. The average molecular weight is 295 g/mol. The predicted molar refractivity (Wildman–Crippen MR) is 73.7 cm³/mol. The van der Waals surface area contributed by atoms with Gasteiger partial charge in [-0.25, -0.2) is 0 Å². The van der Waals surface area contributed by atoms with Crippen molar-refractivity contribution in [2.24, 2.45) is 0 Å². The Bertz CT molecular complexity index is 594. The molecule has 1 aromatic heterocycles. The second-order valence-electron chi connectivity index (χ2n) is 4.87. The molecule has 106 valence electrons. The number of rotatable bonds is 3. The van der Waals surface area contributed by atoms with Crippen molar-refractivity contribution in [2.75, 3.05) is 6.61 Å². The zero-order valence-corrected chi connectivity index (χ0v) is 11.6. The van der Waals surface area contributed by atoms with Crippen LogP contribution in [0.5, 0.6) is 5.75 Å². The molecular weight excluding hydrogens is 280 g/mol. The van der Waals surface area contributed by atoms with E-state index in [1.165, 1.54) is 12.5 Å². The number of aromatic hydroxyl groups is 1. The van der Waals surface area contributed by atoms with Crippen LogP contribution < -0.4 is 0 Å². The molecule has 1 aliphatic heterocycles. The standard InChI is InChI=1S/C14H15ClN2O3/c15-9-4-5-12(18)11(7-9)14-16-13(17-20-14)8-10-3-1-2-6-19-10/h4-5,7,10,18H,1-3,6,8H2. The SMILES string of the molecule is Oc1ccc(Cl)cc1-c1nc(CC2CCCCO2)no1. The van der Waals surface area contributed by atoms with Crippen LogP contribution in [0.1, 0.15) is 25.1 Å². The lowest BCUT2D eigenvalue weighted by Gasteiger charge is -2.20. The Morgan fingerprint density at radius 3 is 3.05 bits per heavy atom. The molecule has 1 N–H and O–H groups in total. The Kier molecular flexibility index (Phi) is 3.89. The van der Waals surface area contributed by atoms with Gasteiger partial charge in [0.2, 0.25) is 0 Å². The molecular formula is C14H15ClN2O3. The van der Waals surface area contributed by atoms with Gasteiger partial charge in [0.1, 0.15) is 5.75 Å². The molecule has 2 heterocycles. The highest BCUT2D eigenvalue weighted by atomic mass is 35.5. The van der Waals surface area contributed by atoms with E-state index in [4.69, 9.17) is 20.9 Å². The van der Waals surface area contributed by atoms with Crippen molar-refractivity contribution in [2.45, 2.75) is 31.8 Å². The molecule has 1 fully saturated rings. The number of phenolic OH excluding ortho intramolecular Hbond substituents is 1. The summed E-state index contributed by atoms with van der Waals surface area (Å²) in [7, 11) is 0. The third-order valence-electron chi connectivity index (χ3n) is 3.34. The minimum absolute atomic E-state index is 0.0681. The summed E-state index contributed by atoms with van der Waals surface area (Å²) in [5, 5.41) is 14.3. The molecule has 6 heteroatoms. The maximum absolute atomic E-state index is 9.81. The minimum atomic E-state index is 0.0681. The molecule has 1 atom stereocenters. The zero-order chi connectivity index (χ0) is 13.9. The van der Waals surface area contributed by atoms with E-state index in [1.807, 2.05) is 0 Å². The van der Waals surface area contributed by atoms with Crippen molar-refractivity contribution in [3.05, 3.63) is 29.0 Å². The highest BCUT2D eigenvalue weighted by Gasteiger charge is 2.19. The van der Waals surface area contributed by atoms with E-state index >= 15 is 0 Å². The number of hydrogen-bond donors (Lipinski definition) is 1. The van der Waals surface area contributed by atoms with Crippen molar-refractivity contribution >= 4 is 11.6 Å². The molecule has 1 saturated heterocycles. The minimum Gasteiger partial charge on any atom is -0.507 e. The van der Waals surface area contributed by atoms with Crippen molar-refractivity contribution < 1.29 is 14.4 Å². The summed E-state index contributed by atoms with van der Waals surface area (Å²) >= 11 is 5.91. The molecule has 0 bridgehead atoms. The normalized spacial score (nSPS) is 19.1. The summed E-state index contributed by atoms with van der Waals surface area (Å²) in [5.41, 5.74) is 0.445. The fourth-order valence-corrected chi connectivity index (χ4v) is 2.47. The number of hydrogen-bond acceptors (Lipinski definition) is 5. The second-order valence-corrected chi connectivity index (χ2v) is 5.31. The van der Waals surface area contributed by atoms with Gasteiger partial charge in [-0.3, -0.25) is 0 Å². The van der Waals surface area contributed by atoms with Crippen molar-refractivity contribution in [1.29, 1.82) is 0 Å². The van der Waals surface area contributed by atoms with E-state index in [1.54, 1.807) is 12.1 Å². The monoisotopic (exact) mass is 294 g/mol. The summed E-state index contributed by atoms with van der Waals surface area (Å²) in [6, 6.07) is 4.71. The lowest BCUT2D eigenvalue weighted by molar-refractivity contribution is 0.0153. The largest absolute Gasteiger partial charge is 0.507 e. The molecule has 0 aliphatic carbocycles. The predicted octanol–water partition coefficient (Wildman–Crippen LogP) is 3.21. The van der Waals surface area contributed by atoms with Crippen LogP contribution in [0, 0.1) is 0 Å². The van der Waals surface area contributed by atoms with Crippen LogP contribution in [-0.2, 0) is 11.2 Å². The Balaban J connectivity index is 1.77. The van der Waals surface area contributed by atoms with E-state index in [9.17, 15) is 5.11 Å². The van der Waals surface area contributed by atoms with Crippen LogP contribution in [0.15, 0.2) is 22.7 Å². The maximum Gasteiger partial charge on any atom is 0.261 e. The lowest BCUT2D eigenvalue weighted by Crippen LogP contribution is -2.21. The highest BCUT2D eigenvalue weighted by molar-refractivity contribution is 6.30. The Labute approximate surface area is 121 Å². The van der Waals surface area contributed by atoms with E-state index in [-0.39, 0.29) is 17.7 Å².